The van der Waals surface area contributed by atoms with E-state index in [2.05, 4.69) is 77.4 Å². The Morgan fingerprint density at radius 3 is 2.08 bits per heavy atom. The molecule has 2 atom stereocenters. The highest BCUT2D eigenvalue weighted by Crippen LogP contribution is 2.34. The van der Waals surface area contributed by atoms with Gasteiger partial charge in [-0.3, -0.25) is 0 Å². The highest BCUT2D eigenvalue weighted by Gasteiger charge is 2.36. The average Bonchev–Trinajstić information content (AvgIpc) is 3.40. The lowest BCUT2D eigenvalue weighted by Crippen LogP contribution is -2.48. The summed E-state index contributed by atoms with van der Waals surface area (Å²) in [4.78, 5) is 20.1. The van der Waals surface area contributed by atoms with Crippen molar-refractivity contribution in [2.75, 3.05) is 45.8 Å². The fraction of sp³-hybridized carbons (Fsp3) is 0.441. The molecule has 3 aromatic rings. The minimum absolute atomic E-state index is 0.186. The van der Waals surface area contributed by atoms with Crippen molar-refractivity contribution >= 4 is 6.09 Å². The van der Waals surface area contributed by atoms with Crippen molar-refractivity contribution in [2.24, 2.45) is 5.92 Å². The molecule has 2 saturated heterocycles. The Hall–Kier alpha value is -3.15. The smallest absolute Gasteiger partial charge is 0.410 e. The van der Waals surface area contributed by atoms with Crippen LogP contribution in [0.25, 0.3) is 0 Å². The molecule has 1 amide bonds. The van der Waals surface area contributed by atoms with Crippen LogP contribution in [0.3, 0.4) is 0 Å². The Bertz CT molecular complexity index is 1130. The number of ether oxygens (including phenoxy) is 1. The summed E-state index contributed by atoms with van der Waals surface area (Å²) in [6.07, 6.45) is 2.94. The molecule has 5 heteroatoms. The summed E-state index contributed by atoms with van der Waals surface area (Å²) in [6, 6.07) is 32.1. The molecule has 39 heavy (non-hydrogen) atoms. The Balaban J connectivity index is 1.14. The maximum atomic E-state index is 12.9. The van der Waals surface area contributed by atoms with Gasteiger partial charge < -0.3 is 19.4 Å². The molecule has 0 aromatic heterocycles. The van der Waals surface area contributed by atoms with E-state index in [-0.39, 0.29) is 12.1 Å². The highest BCUT2D eigenvalue weighted by atomic mass is 16.6. The summed E-state index contributed by atoms with van der Waals surface area (Å²) in [6.45, 7) is 9.68. The van der Waals surface area contributed by atoms with E-state index < -0.39 is 0 Å². The number of rotatable bonds is 10. The van der Waals surface area contributed by atoms with Gasteiger partial charge in [0.1, 0.15) is 6.61 Å². The second kappa shape index (κ2) is 13.8. The fourth-order valence-corrected chi connectivity index (χ4v) is 6.42. The van der Waals surface area contributed by atoms with E-state index in [1.165, 1.54) is 11.1 Å². The maximum Gasteiger partial charge on any atom is 0.410 e. The molecular formula is C34H43N3O2. The summed E-state index contributed by atoms with van der Waals surface area (Å²) in [5.41, 5.74) is 3.92. The third-order valence-electron chi connectivity index (χ3n) is 8.57. The molecule has 3 aromatic carbocycles. The predicted octanol–water partition coefficient (Wildman–Crippen LogP) is 6.07. The zero-order chi connectivity index (χ0) is 26.9. The van der Waals surface area contributed by atoms with E-state index in [1.807, 2.05) is 35.2 Å². The average molecular weight is 526 g/mol. The van der Waals surface area contributed by atoms with E-state index in [9.17, 15) is 4.79 Å². The quantitative estimate of drug-likeness (QED) is 0.322. The van der Waals surface area contributed by atoms with Crippen molar-refractivity contribution < 1.29 is 9.53 Å². The first-order chi connectivity index (χ1) is 19.2. The normalized spacial score (nSPS) is 20.6. The third-order valence-corrected chi connectivity index (χ3v) is 8.57. The molecule has 0 radical (unpaired) electrons. The van der Waals surface area contributed by atoms with Crippen LogP contribution in [-0.4, -0.2) is 72.6 Å². The lowest BCUT2D eigenvalue weighted by molar-refractivity contribution is 0.0604. The second-order valence-electron chi connectivity index (χ2n) is 11.1. The number of hydrogen-bond acceptors (Lipinski definition) is 4. The zero-order valence-corrected chi connectivity index (χ0v) is 23.3. The molecule has 0 aliphatic carbocycles. The second-order valence-corrected chi connectivity index (χ2v) is 11.1. The number of nitrogens with zero attached hydrogens (tertiary/aromatic N) is 3. The number of hydrogen-bond donors (Lipinski definition) is 0. The topological polar surface area (TPSA) is 36.0 Å². The molecule has 2 aliphatic heterocycles. The molecule has 5 rings (SSSR count). The Labute approximate surface area is 234 Å². The van der Waals surface area contributed by atoms with Crippen LogP contribution < -0.4 is 0 Å². The molecule has 2 aliphatic rings. The number of carbonyl (C=O) groups excluding carboxylic acids is 1. The standard InChI is InChI=1S/C34H43N3O2/c1-2-37(34(38)39-27-29-14-8-4-9-15-29)32-19-22-35(23-20-32)24-31-25-36(21-18-28-12-6-3-7-13-28)26-33(31)30-16-10-5-11-17-30/h3-17,31-33H,2,18-27H2,1H3/t31-,33+/m0/s1. The zero-order valence-electron chi connectivity index (χ0n) is 23.3. The molecule has 0 spiro atoms. The van der Waals surface area contributed by atoms with E-state index in [4.69, 9.17) is 4.74 Å². The monoisotopic (exact) mass is 525 g/mol. The summed E-state index contributed by atoms with van der Waals surface area (Å²) in [5.74, 6) is 1.19. The van der Waals surface area contributed by atoms with Gasteiger partial charge in [0, 0.05) is 57.8 Å². The first kappa shape index (κ1) is 27.4. The molecule has 5 nitrogen and oxygen atoms in total. The first-order valence-electron chi connectivity index (χ1n) is 14.7. The van der Waals surface area contributed by atoms with Crippen LogP contribution in [0.1, 0.15) is 42.4 Å². The van der Waals surface area contributed by atoms with Gasteiger partial charge in [-0.2, -0.15) is 0 Å². The van der Waals surface area contributed by atoms with Crippen molar-refractivity contribution in [3.05, 3.63) is 108 Å². The Kier molecular flexibility index (Phi) is 9.68. The van der Waals surface area contributed by atoms with Gasteiger partial charge in [0.05, 0.1) is 0 Å². The van der Waals surface area contributed by atoms with Crippen LogP contribution in [0, 0.1) is 5.92 Å². The van der Waals surface area contributed by atoms with Crippen LogP contribution in [0.4, 0.5) is 4.79 Å². The van der Waals surface area contributed by atoms with Gasteiger partial charge in [0.25, 0.3) is 0 Å². The third kappa shape index (κ3) is 7.49. The van der Waals surface area contributed by atoms with E-state index in [0.717, 1.165) is 64.1 Å². The van der Waals surface area contributed by atoms with E-state index in [1.54, 1.807) is 0 Å². The van der Waals surface area contributed by atoms with Crippen molar-refractivity contribution in [1.82, 2.24) is 14.7 Å². The van der Waals surface area contributed by atoms with Gasteiger partial charge in [-0.05, 0) is 48.8 Å². The van der Waals surface area contributed by atoms with Crippen molar-refractivity contribution in [1.29, 1.82) is 0 Å². The Morgan fingerprint density at radius 1 is 0.821 bits per heavy atom. The van der Waals surface area contributed by atoms with Crippen LogP contribution in [0.15, 0.2) is 91.0 Å². The number of benzene rings is 3. The SMILES string of the molecule is CCN(C(=O)OCc1ccccc1)C1CCN(C[C@H]2CN(CCc3ccccc3)C[C@@H]2c2ccccc2)CC1. The summed E-state index contributed by atoms with van der Waals surface area (Å²) in [7, 11) is 0. The number of piperidine rings is 1. The van der Waals surface area contributed by atoms with Crippen molar-refractivity contribution in [3.8, 4) is 0 Å². The van der Waals surface area contributed by atoms with Gasteiger partial charge in [0.2, 0.25) is 0 Å². The minimum atomic E-state index is -0.186. The lowest BCUT2D eigenvalue weighted by Gasteiger charge is -2.39. The maximum absolute atomic E-state index is 12.9. The van der Waals surface area contributed by atoms with Gasteiger partial charge in [-0.25, -0.2) is 4.79 Å². The summed E-state index contributed by atoms with van der Waals surface area (Å²) < 4.78 is 5.67. The predicted molar refractivity (Wildman–Crippen MR) is 158 cm³/mol. The van der Waals surface area contributed by atoms with Crippen LogP contribution in [0.2, 0.25) is 0 Å². The van der Waals surface area contributed by atoms with Gasteiger partial charge >= 0.3 is 6.09 Å². The molecule has 0 bridgehead atoms. The van der Waals surface area contributed by atoms with E-state index in [0.29, 0.717) is 25.0 Å². The van der Waals surface area contributed by atoms with Gasteiger partial charge in [-0.1, -0.05) is 91.0 Å². The van der Waals surface area contributed by atoms with Crippen LogP contribution in [0.5, 0.6) is 0 Å². The number of likely N-dealkylation sites (tertiary alicyclic amines) is 2. The van der Waals surface area contributed by atoms with Gasteiger partial charge in [0.15, 0.2) is 0 Å². The van der Waals surface area contributed by atoms with Crippen molar-refractivity contribution in [2.45, 2.75) is 44.8 Å². The molecule has 0 saturated carbocycles. The number of amides is 1. The summed E-state index contributed by atoms with van der Waals surface area (Å²) in [5, 5.41) is 0. The molecular weight excluding hydrogens is 482 g/mol. The highest BCUT2D eigenvalue weighted by molar-refractivity contribution is 5.68. The van der Waals surface area contributed by atoms with E-state index >= 15 is 0 Å². The van der Waals surface area contributed by atoms with Crippen LogP contribution in [-0.2, 0) is 17.8 Å². The summed E-state index contributed by atoms with van der Waals surface area (Å²) >= 11 is 0. The first-order valence-corrected chi connectivity index (χ1v) is 14.7. The van der Waals surface area contributed by atoms with Gasteiger partial charge in [-0.15, -0.1) is 0 Å². The fourth-order valence-electron chi connectivity index (χ4n) is 6.42. The largest absolute Gasteiger partial charge is 0.445 e. The Morgan fingerprint density at radius 2 is 1.44 bits per heavy atom. The molecule has 206 valence electrons. The van der Waals surface area contributed by atoms with Crippen LogP contribution >= 0.6 is 0 Å². The molecule has 0 N–H and O–H groups in total. The molecule has 0 unspecified atom stereocenters. The molecule has 2 heterocycles. The minimum Gasteiger partial charge on any atom is -0.445 e. The van der Waals surface area contributed by atoms with Crippen molar-refractivity contribution in [3.63, 3.8) is 0 Å². The lowest BCUT2D eigenvalue weighted by atomic mass is 9.88. The molecule has 2 fully saturated rings. The number of carbonyl (C=O) groups is 1.